The summed E-state index contributed by atoms with van der Waals surface area (Å²) in [5.74, 6) is 0. The van der Waals surface area contributed by atoms with Crippen molar-refractivity contribution in [1.29, 1.82) is 0 Å². The van der Waals surface area contributed by atoms with E-state index in [0.29, 0.717) is 0 Å². The Morgan fingerprint density at radius 3 is 2.44 bits per heavy atom. The van der Waals surface area contributed by atoms with E-state index in [-0.39, 0.29) is 0 Å². The van der Waals surface area contributed by atoms with Crippen LogP contribution in [0.2, 0.25) is 0 Å². The van der Waals surface area contributed by atoms with Crippen LogP contribution in [0.15, 0.2) is 48.5 Å². The Morgan fingerprint density at radius 2 is 1.67 bits per heavy atom. The minimum atomic E-state index is 0.959. The number of nitrogens with one attached hydrogen (secondary N) is 1. The molecule has 0 unspecified atom stereocenters. The Labute approximate surface area is 110 Å². The van der Waals surface area contributed by atoms with Crippen molar-refractivity contribution in [3.05, 3.63) is 70.8 Å². The van der Waals surface area contributed by atoms with Gasteiger partial charge < -0.3 is 5.32 Å². The molecule has 0 aromatic heterocycles. The molecule has 1 N–H and O–H groups in total. The van der Waals surface area contributed by atoms with Crippen LogP contribution < -0.4 is 5.32 Å². The van der Waals surface area contributed by atoms with Crippen LogP contribution in [0.1, 0.15) is 22.3 Å². The molecule has 0 bridgehead atoms. The summed E-state index contributed by atoms with van der Waals surface area (Å²) in [5.41, 5.74) is 5.58. The minimum Gasteiger partial charge on any atom is -0.312 e. The van der Waals surface area contributed by atoms with Crippen molar-refractivity contribution < 1.29 is 0 Å². The number of rotatable bonds is 5. The second-order valence-corrected chi connectivity index (χ2v) is 4.77. The lowest BCUT2D eigenvalue weighted by atomic mass is 10.0. The molecule has 0 spiro atoms. The maximum Gasteiger partial charge on any atom is 0.0208 e. The van der Waals surface area contributed by atoms with E-state index in [1.807, 2.05) is 0 Å². The zero-order valence-electron chi connectivity index (χ0n) is 11.2. The molecule has 18 heavy (non-hydrogen) atoms. The van der Waals surface area contributed by atoms with Gasteiger partial charge >= 0.3 is 0 Å². The zero-order valence-corrected chi connectivity index (χ0v) is 11.2. The van der Waals surface area contributed by atoms with Crippen LogP contribution in [0.3, 0.4) is 0 Å². The lowest BCUT2D eigenvalue weighted by Crippen LogP contribution is -2.17. The van der Waals surface area contributed by atoms with Gasteiger partial charge in [-0.2, -0.15) is 0 Å². The molecular formula is C17H21N. The third-order valence-electron chi connectivity index (χ3n) is 3.47. The number of aryl methyl sites for hydroxylation is 1. The summed E-state index contributed by atoms with van der Waals surface area (Å²) >= 11 is 0. The Bertz CT molecular complexity index is 488. The lowest BCUT2D eigenvalue weighted by molar-refractivity contribution is 0.684. The molecule has 0 radical (unpaired) electrons. The fourth-order valence-corrected chi connectivity index (χ4v) is 2.10. The fraction of sp³-hybridized carbons (Fsp3) is 0.294. The predicted molar refractivity (Wildman–Crippen MR) is 77.8 cm³/mol. The van der Waals surface area contributed by atoms with E-state index in [4.69, 9.17) is 0 Å². The normalized spacial score (nSPS) is 10.6. The number of hydrogen-bond donors (Lipinski definition) is 1. The van der Waals surface area contributed by atoms with Gasteiger partial charge in [0.15, 0.2) is 0 Å². The summed E-state index contributed by atoms with van der Waals surface area (Å²) in [6.45, 7) is 6.35. The molecule has 94 valence electrons. The van der Waals surface area contributed by atoms with E-state index in [1.54, 1.807) is 0 Å². The van der Waals surface area contributed by atoms with Crippen LogP contribution in [0, 0.1) is 13.8 Å². The van der Waals surface area contributed by atoms with Crippen molar-refractivity contribution in [2.75, 3.05) is 6.54 Å². The van der Waals surface area contributed by atoms with E-state index in [2.05, 4.69) is 67.7 Å². The Balaban J connectivity index is 1.81. The Morgan fingerprint density at radius 1 is 0.889 bits per heavy atom. The van der Waals surface area contributed by atoms with Crippen LogP contribution in [-0.2, 0) is 13.0 Å². The first-order chi connectivity index (χ1) is 8.77. The molecule has 2 aromatic carbocycles. The largest absolute Gasteiger partial charge is 0.312 e. The third-order valence-corrected chi connectivity index (χ3v) is 3.47. The van der Waals surface area contributed by atoms with Crippen LogP contribution in [-0.4, -0.2) is 6.54 Å². The van der Waals surface area contributed by atoms with Gasteiger partial charge in [-0.15, -0.1) is 0 Å². The molecule has 0 saturated heterocycles. The average molecular weight is 239 g/mol. The van der Waals surface area contributed by atoms with Gasteiger partial charge in [-0.05, 0) is 49.1 Å². The minimum absolute atomic E-state index is 0.959. The second kappa shape index (κ2) is 6.36. The van der Waals surface area contributed by atoms with Crippen molar-refractivity contribution in [1.82, 2.24) is 5.32 Å². The van der Waals surface area contributed by atoms with E-state index < -0.39 is 0 Å². The second-order valence-electron chi connectivity index (χ2n) is 4.77. The fourth-order valence-electron chi connectivity index (χ4n) is 2.10. The molecule has 0 aliphatic carbocycles. The van der Waals surface area contributed by atoms with E-state index >= 15 is 0 Å². The number of benzene rings is 2. The van der Waals surface area contributed by atoms with Gasteiger partial charge in [0, 0.05) is 6.54 Å². The van der Waals surface area contributed by atoms with E-state index in [0.717, 1.165) is 19.5 Å². The van der Waals surface area contributed by atoms with Crippen molar-refractivity contribution in [3.8, 4) is 0 Å². The molecule has 1 nitrogen and oxygen atoms in total. The summed E-state index contributed by atoms with van der Waals surface area (Å²) in [4.78, 5) is 0. The zero-order chi connectivity index (χ0) is 12.8. The highest BCUT2D eigenvalue weighted by atomic mass is 14.8. The van der Waals surface area contributed by atoms with Crippen molar-refractivity contribution in [2.45, 2.75) is 26.8 Å². The molecule has 0 aliphatic heterocycles. The topological polar surface area (TPSA) is 12.0 Å². The standard InChI is InChI=1S/C17H21N/c1-14-7-6-10-17(15(14)2)13-18-12-11-16-8-4-3-5-9-16/h3-10,18H,11-13H2,1-2H3. The molecule has 0 heterocycles. The maximum atomic E-state index is 3.52. The molecule has 2 rings (SSSR count). The van der Waals surface area contributed by atoms with Crippen LogP contribution in [0.4, 0.5) is 0 Å². The van der Waals surface area contributed by atoms with Gasteiger partial charge in [0.1, 0.15) is 0 Å². The molecular weight excluding hydrogens is 218 g/mol. The monoisotopic (exact) mass is 239 g/mol. The van der Waals surface area contributed by atoms with Crippen LogP contribution >= 0.6 is 0 Å². The third kappa shape index (κ3) is 3.44. The van der Waals surface area contributed by atoms with Crippen LogP contribution in [0.5, 0.6) is 0 Å². The maximum absolute atomic E-state index is 3.52. The Kier molecular flexibility index (Phi) is 4.54. The quantitative estimate of drug-likeness (QED) is 0.786. The highest BCUT2D eigenvalue weighted by Crippen LogP contribution is 2.12. The van der Waals surface area contributed by atoms with Gasteiger partial charge in [0.2, 0.25) is 0 Å². The Hall–Kier alpha value is -1.60. The van der Waals surface area contributed by atoms with Gasteiger partial charge in [0.25, 0.3) is 0 Å². The predicted octanol–water partition coefficient (Wildman–Crippen LogP) is 3.64. The molecule has 2 aromatic rings. The molecule has 1 heteroatoms. The molecule has 0 amide bonds. The van der Waals surface area contributed by atoms with Crippen molar-refractivity contribution in [3.63, 3.8) is 0 Å². The summed E-state index contributed by atoms with van der Waals surface area (Å²) in [7, 11) is 0. The number of hydrogen-bond acceptors (Lipinski definition) is 1. The van der Waals surface area contributed by atoms with Gasteiger partial charge in [-0.25, -0.2) is 0 Å². The summed E-state index contributed by atoms with van der Waals surface area (Å²) in [5, 5.41) is 3.52. The van der Waals surface area contributed by atoms with Gasteiger partial charge in [-0.1, -0.05) is 48.5 Å². The summed E-state index contributed by atoms with van der Waals surface area (Å²) in [6.07, 6.45) is 1.09. The summed E-state index contributed by atoms with van der Waals surface area (Å²) in [6, 6.07) is 17.1. The molecule has 0 atom stereocenters. The average Bonchev–Trinajstić information content (AvgIpc) is 2.40. The highest BCUT2D eigenvalue weighted by Gasteiger charge is 1.99. The molecule has 0 saturated carbocycles. The molecule has 0 fully saturated rings. The first-order valence-corrected chi connectivity index (χ1v) is 6.57. The lowest BCUT2D eigenvalue weighted by Gasteiger charge is -2.09. The van der Waals surface area contributed by atoms with Crippen molar-refractivity contribution >= 4 is 0 Å². The SMILES string of the molecule is Cc1cccc(CNCCc2ccccc2)c1C. The molecule has 0 aliphatic rings. The van der Waals surface area contributed by atoms with Crippen LogP contribution in [0.25, 0.3) is 0 Å². The first kappa shape index (κ1) is 12.8. The summed E-state index contributed by atoms with van der Waals surface area (Å²) < 4.78 is 0. The van der Waals surface area contributed by atoms with Crippen molar-refractivity contribution in [2.24, 2.45) is 0 Å². The van der Waals surface area contributed by atoms with E-state index in [9.17, 15) is 0 Å². The smallest absolute Gasteiger partial charge is 0.0208 e. The van der Waals surface area contributed by atoms with Gasteiger partial charge in [-0.3, -0.25) is 0 Å². The van der Waals surface area contributed by atoms with E-state index in [1.165, 1.54) is 22.3 Å². The first-order valence-electron chi connectivity index (χ1n) is 6.57. The van der Waals surface area contributed by atoms with Gasteiger partial charge in [0.05, 0.1) is 0 Å². The highest BCUT2D eigenvalue weighted by molar-refractivity contribution is 5.32.